The predicted octanol–water partition coefficient (Wildman–Crippen LogP) is 4.67. The Morgan fingerprint density at radius 3 is 2.47 bits per heavy atom. The number of benzene rings is 1. The van der Waals surface area contributed by atoms with E-state index in [0.717, 1.165) is 20.5 Å². The Morgan fingerprint density at radius 2 is 1.94 bits per heavy atom. The van der Waals surface area contributed by atoms with Gasteiger partial charge in [-0.2, -0.15) is 0 Å². The molecule has 0 aliphatic rings. The van der Waals surface area contributed by atoms with Crippen molar-refractivity contribution >= 4 is 34.5 Å². The van der Waals surface area contributed by atoms with Crippen LogP contribution in [-0.2, 0) is 0 Å². The van der Waals surface area contributed by atoms with Gasteiger partial charge < -0.3 is 5.32 Å². The number of thiophene rings is 1. The lowest BCUT2D eigenvalue weighted by molar-refractivity contribution is 0.704. The highest BCUT2D eigenvalue weighted by atomic mass is 35.5. The fraction of sp³-hybridized carbons (Fsp3) is 0.231. The van der Waals surface area contributed by atoms with Crippen LogP contribution in [0, 0.1) is 6.92 Å². The van der Waals surface area contributed by atoms with E-state index in [9.17, 15) is 0 Å². The molecule has 2 rings (SSSR count). The van der Waals surface area contributed by atoms with Crippen LogP contribution >= 0.6 is 34.5 Å². The van der Waals surface area contributed by atoms with Gasteiger partial charge in [-0.05, 0) is 43.3 Å². The van der Waals surface area contributed by atoms with Crippen LogP contribution < -0.4 is 5.32 Å². The monoisotopic (exact) mass is 285 g/mol. The molecule has 1 heterocycles. The molecule has 90 valence electrons. The quantitative estimate of drug-likeness (QED) is 0.864. The lowest BCUT2D eigenvalue weighted by Gasteiger charge is -2.16. The first-order valence-corrected chi connectivity index (χ1v) is 6.87. The second kappa shape index (κ2) is 5.40. The largest absolute Gasteiger partial charge is 0.309 e. The van der Waals surface area contributed by atoms with Crippen LogP contribution in [0.3, 0.4) is 0 Å². The minimum absolute atomic E-state index is 0.0978. The maximum atomic E-state index is 6.29. The van der Waals surface area contributed by atoms with Gasteiger partial charge in [0.25, 0.3) is 0 Å². The summed E-state index contributed by atoms with van der Waals surface area (Å²) in [5.74, 6) is 0. The van der Waals surface area contributed by atoms with Crippen molar-refractivity contribution in [2.24, 2.45) is 0 Å². The summed E-state index contributed by atoms with van der Waals surface area (Å²) in [4.78, 5) is 1.17. The van der Waals surface area contributed by atoms with E-state index < -0.39 is 0 Å². The standard InChI is InChI=1S/C13H13Cl2NS/c1-8-3-4-9(10(14)7-8)13(16-2)11-5-6-12(15)17-11/h3-7,13,16H,1-2H3. The average Bonchev–Trinajstić information content (AvgIpc) is 2.69. The van der Waals surface area contributed by atoms with Gasteiger partial charge >= 0.3 is 0 Å². The van der Waals surface area contributed by atoms with E-state index in [0.29, 0.717) is 0 Å². The predicted molar refractivity (Wildman–Crippen MR) is 76.4 cm³/mol. The highest BCUT2D eigenvalue weighted by Crippen LogP contribution is 2.34. The molecule has 4 heteroatoms. The Kier molecular flexibility index (Phi) is 4.10. The van der Waals surface area contributed by atoms with Crippen molar-refractivity contribution < 1.29 is 0 Å². The smallest absolute Gasteiger partial charge is 0.0931 e. The van der Waals surface area contributed by atoms with Gasteiger partial charge in [0.15, 0.2) is 0 Å². The van der Waals surface area contributed by atoms with Gasteiger partial charge in [-0.1, -0.05) is 35.3 Å². The van der Waals surface area contributed by atoms with Gasteiger partial charge in [0.05, 0.1) is 10.4 Å². The van der Waals surface area contributed by atoms with E-state index >= 15 is 0 Å². The Hall–Kier alpha value is -0.540. The molecule has 1 aromatic carbocycles. The van der Waals surface area contributed by atoms with Gasteiger partial charge in [-0.25, -0.2) is 0 Å². The first-order valence-electron chi connectivity index (χ1n) is 5.30. The van der Waals surface area contributed by atoms with Gasteiger partial charge in [0, 0.05) is 9.90 Å². The summed E-state index contributed by atoms with van der Waals surface area (Å²) >= 11 is 13.8. The van der Waals surface area contributed by atoms with E-state index in [4.69, 9.17) is 23.2 Å². The van der Waals surface area contributed by atoms with Crippen LogP contribution in [0.4, 0.5) is 0 Å². The SMILES string of the molecule is CNC(c1ccc(Cl)s1)c1ccc(C)cc1Cl. The molecule has 1 nitrogen and oxygen atoms in total. The number of hydrogen-bond donors (Lipinski definition) is 1. The molecular weight excluding hydrogens is 273 g/mol. The van der Waals surface area contributed by atoms with Crippen LogP contribution in [0.1, 0.15) is 22.0 Å². The van der Waals surface area contributed by atoms with Gasteiger partial charge in [-0.3, -0.25) is 0 Å². The highest BCUT2D eigenvalue weighted by molar-refractivity contribution is 7.16. The summed E-state index contributed by atoms with van der Waals surface area (Å²) < 4.78 is 0.795. The highest BCUT2D eigenvalue weighted by Gasteiger charge is 2.16. The zero-order valence-electron chi connectivity index (χ0n) is 9.63. The van der Waals surface area contributed by atoms with E-state index in [-0.39, 0.29) is 6.04 Å². The Balaban J connectivity index is 2.42. The van der Waals surface area contributed by atoms with Crippen molar-refractivity contribution in [2.45, 2.75) is 13.0 Å². The molecule has 0 radical (unpaired) electrons. The summed E-state index contributed by atoms with van der Waals surface area (Å²) in [6.07, 6.45) is 0. The molecule has 1 aromatic heterocycles. The Bertz CT molecular complexity index is 522. The molecule has 0 bridgehead atoms. The average molecular weight is 286 g/mol. The molecule has 1 unspecified atom stereocenters. The molecule has 0 saturated heterocycles. The van der Waals surface area contributed by atoms with E-state index in [1.54, 1.807) is 11.3 Å². The molecule has 2 aromatic rings. The van der Waals surface area contributed by atoms with Crippen molar-refractivity contribution in [1.82, 2.24) is 5.32 Å². The molecular formula is C13H13Cl2NS. The van der Waals surface area contributed by atoms with Gasteiger partial charge in [0.2, 0.25) is 0 Å². The van der Waals surface area contributed by atoms with Crippen molar-refractivity contribution in [3.8, 4) is 0 Å². The van der Waals surface area contributed by atoms with Crippen molar-refractivity contribution in [3.05, 3.63) is 55.7 Å². The fourth-order valence-corrected chi connectivity index (χ4v) is 3.34. The number of aryl methyl sites for hydroxylation is 1. The maximum Gasteiger partial charge on any atom is 0.0931 e. The molecule has 0 amide bonds. The van der Waals surface area contributed by atoms with Crippen molar-refractivity contribution in [2.75, 3.05) is 7.05 Å². The van der Waals surface area contributed by atoms with Gasteiger partial charge in [-0.15, -0.1) is 11.3 Å². The maximum absolute atomic E-state index is 6.29. The fourth-order valence-electron chi connectivity index (χ4n) is 1.80. The topological polar surface area (TPSA) is 12.0 Å². The lowest BCUT2D eigenvalue weighted by atomic mass is 10.0. The molecule has 1 N–H and O–H groups in total. The zero-order chi connectivity index (χ0) is 12.4. The van der Waals surface area contributed by atoms with Crippen LogP contribution in [0.25, 0.3) is 0 Å². The second-order valence-corrected chi connectivity index (χ2v) is 6.04. The summed E-state index contributed by atoms with van der Waals surface area (Å²) in [5, 5.41) is 4.06. The third-order valence-electron chi connectivity index (χ3n) is 2.63. The summed E-state index contributed by atoms with van der Waals surface area (Å²) in [5.41, 5.74) is 2.25. The second-order valence-electron chi connectivity index (χ2n) is 3.89. The molecule has 1 atom stereocenters. The van der Waals surface area contributed by atoms with Crippen molar-refractivity contribution in [1.29, 1.82) is 0 Å². The molecule has 0 aliphatic heterocycles. The molecule has 0 aliphatic carbocycles. The number of hydrogen-bond acceptors (Lipinski definition) is 2. The van der Waals surface area contributed by atoms with E-state index in [1.165, 1.54) is 4.88 Å². The molecule has 0 fully saturated rings. The summed E-state index contributed by atoms with van der Waals surface area (Å²) in [7, 11) is 1.93. The Labute approximate surface area is 115 Å². The van der Waals surface area contributed by atoms with Crippen molar-refractivity contribution in [3.63, 3.8) is 0 Å². The van der Waals surface area contributed by atoms with Gasteiger partial charge in [0.1, 0.15) is 0 Å². The number of halogens is 2. The van der Waals surface area contributed by atoms with E-state index in [1.807, 2.05) is 32.2 Å². The first kappa shape index (κ1) is 12.9. The van der Waals surface area contributed by atoms with E-state index in [2.05, 4.69) is 17.4 Å². The minimum atomic E-state index is 0.0978. The Morgan fingerprint density at radius 1 is 1.18 bits per heavy atom. The summed E-state index contributed by atoms with van der Waals surface area (Å²) in [6.45, 7) is 2.03. The van der Waals surface area contributed by atoms with Crippen LogP contribution in [-0.4, -0.2) is 7.05 Å². The third kappa shape index (κ3) is 2.83. The number of rotatable bonds is 3. The van der Waals surface area contributed by atoms with Crippen LogP contribution in [0.2, 0.25) is 9.36 Å². The molecule has 0 spiro atoms. The summed E-state index contributed by atoms with van der Waals surface area (Å²) in [6, 6.07) is 10.2. The number of nitrogens with one attached hydrogen (secondary N) is 1. The normalized spacial score (nSPS) is 12.7. The molecule has 0 saturated carbocycles. The lowest BCUT2D eigenvalue weighted by Crippen LogP contribution is -2.16. The van der Waals surface area contributed by atoms with Crippen LogP contribution in [0.15, 0.2) is 30.3 Å². The minimum Gasteiger partial charge on any atom is -0.309 e. The first-order chi connectivity index (χ1) is 8.11. The third-order valence-corrected chi connectivity index (χ3v) is 4.26. The van der Waals surface area contributed by atoms with Crippen LogP contribution in [0.5, 0.6) is 0 Å². The zero-order valence-corrected chi connectivity index (χ0v) is 12.0. The molecule has 17 heavy (non-hydrogen) atoms.